The Labute approximate surface area is 229 Å². The number of aliphatic hydroxyl groups is 1. The topological polar surface area (TPSA) is 97.8 Å². The molecule has 1 atom stereocenters. The molecule has 4 rings (SSSR count). The van der Waals surface area contributed by atoms with Crippen LogP contribution in [-0.4, -0.2) is 79.2 Å². The zero-order chi connectivity index (χ0) is 27.9. The first-order chi connectivity index (χ1) is 18.9. The van der Waals surface area contributed by atoms with E-state index in [1.165, 1.54) is 0 Å². The van der Waals surface area contributed by atoms with Gasteiger partial charge >= 0.3 is 0 Å². The van der Waals surface area contributed by atoms with Crippen LogP contribution in [0.3, 0.4) is 0 Å². The Balaban J connectivity index is 1.79. The SMILES string of the molecule is CCOc1ccc(C2/C(=C(\O)c3ccc4c(c3)OCCO4)C(=O)C(=O)N2CCCN(CC)CC)cc1OCC. The highest BCUT2D eigenvalue weighted by Gasteiger charge is 2.46. The third-order valence-corrected chi connectivity index (χ3v) is 7.01. The highest BCUT2D eigenvalue weighted by Crippen LogP contribution is 2.43. The molecule has 1 unspecified atom stereocenters. The largest absolute Gasteiger partial charge is 0.507 e. The number of aliphatic hydroxyl groups excluding tert-OH is 1. The molecule has 1 amide bonds. The van der Waals surface area contributed by atoms with Crippen molar-refractivity contribution < 1.29 is 33.6 Å². The van der Waals surface area contributed by atoms with Gasteiger partial charge in [0, 0.05) is 12.1 Å². The maximum absolute atomic E-state index is 13.5. The van der Waals surface area contributed by atoms with E-state index in [1.807, 2.05) is 19.9 Å². The molecule has 39 heavy (non-hydrogen) atoms. The Morgan fingerprint density at radius 3 is 2.33 bits per heavy atom. The van der Waals surface area contributed by atoms with Crippen LogP contribution >= 0.6 is 0 Å². The molecule has 210 valence electrons. The number of fused-ring (bicyclic) bond motifs is 1. The Bertz CT molecular complexity index is 1220. The number of benzene rings is 2. The van der Waals surface area contributed by atoms with Crippen LogP contribution < -0.4 is 18.9 Å². The van der Waals surface area contributed by atoms with Crippen LogP contribution in [0.4, 0.5) is 0 Å². The third-order valence-electron chi connectivity index (χ3n) is 7.01. The fourth-order valence-electron chi connectivity index (χ4n) is 5.05. The summed E-state index contributed by atoms with van der Waals surface area (Å²) in [5.74, 6) is 0.536. The second-order valence-electron chi connectivity index (χ2n) is 9.30. The standard InChI is InChI=1S/C30H38N2O7/c1-5-31(6-2)14-9-15-32-27(20-10-12-22(36-7-3)24(18-20)37-8-4)26(29(34)30(32)35)28(33)21-11-13-23-25(19-21)39-17-16-38-23/h10-13,18-19,27,33H,5-9,14-17H2,1-4H3/b28-26+. The zero-order valence-electron chi connectivity index (χ0n) is 23.2. The van der Waals surface area contributed by atoms with E-state index in [-0.39, 0.29) is 11.3 Å². The zero-order valence-corrected chi connectivity index (χ0v) is 23.2. The first-order valence-electron chi connectivity index (χ1n) is 13.7. The predicted octanol–water partition coefficient (Wildman–Crippen LogP) is 4.41. The number of ketones is 1. The van der Waals surface area contributed by atoms with E-state index in [1.54, 1.807) is 35.2 Å². The summed E-state index contributed by atoms with van der Waals surface area (Å²) in [5, 5.41) is 11.5. The van der Waals surface area contributed by atoms with Crippen molar-refractivity contribution in [3.8, 4) is 23.0 Å². The van der Waals surface area contributed by atoms with E-state index < -0.39 is 17.7 Å². The van der Waals surface area contributed by atoms with E-state index in [9.17, 15) is 14.7 Å². The van der Waals surface area contributed by atoms with Crippen molar-refractivity contribution in [2.45, 2.75) is 40.2 Å². The van der Waals surface area contributed by atoms with Gasteiger partial charge in [-0.05, 0) is 75.8 Å². The Kier molecular flexibility index (Phi) is 9.35. The molecule has 2 heterocycles. The maximum Gasteiger partial charge on any atom is 0.295 e. The van der Waals surface area contributed by atoms with Gasteiger partial charge in [-0.25, -0.2) is 0 Å². The Morgan fingerprint density at radius 2 is 1.64 bits per heavy atom. The highest BCUT2D eigenvalue weighted by molar-refractivity contribution is 6.46. The molecule has 0 saturated carbocycles. The summed E-state index contributed by atoms with van der Waals surface area (Å²) in [6, 6.07) is 9.60. The third kappa shape index (κ3) is 5.98. The quantitative estimate of drug-likeness (QED) is 0.241. The lowest BCUT2D eigenvalue weighted by Gasteiger charge is -2.27. The number of carbonyl (C=O) groups is 2. The number of carbonyl (C=O) groups excluding carboxylic acids is 2. The fourth-order valence-corrected chi connectivity index (χ4v) is 5.05. The van der Waals surface area contributed by atoms with Gasteiger partial charge in [0.25, 0.3) is 11.7 Å². The molecule has 0 spiro atoms. The Morgan fingerprint density at radius 1 is 0.949 bits per heavy atom. The molecule has 0 radical (unpaired) electrons. The number of ether oxygens (including phenoxy) is 4. The van der Waals surface area contributed by atoms with Crippen LogP contribution in [0.5, 0.6) is 23.0 Å². The average Bonchev–Trinajstić information content (AvgIpc) is 3.21. The minimum Gasteiger partial charge on any atom is -0.507 e. The van der Waals surface area contributed by atoms with Crippen LogP contribution in [0.25, 0.3) is 5.76 Å². The van der Waals surface area contributed by atoms with Crippen molar-refractivity contribution in [1.82, 2.24) is 9.80 Å². The molecule has 2 aliphatic heterocycles. The van der Waals surface area contributed by atoms with E-state index in [2.05, 4.69) is 18.7 Å². The van der Waals surface area contributed by atoms with Crippen LogP contribution in [0.1, 0.15) is 51.3 Å². The van der Waals surface area contributed by atoms with Gasteiger partial charge in [-0.1, -0.05) is 19.9 Å². The molecule has 0 aromatic heterocycles. The summed E-state index contributed by atoms with van der Waals surface area (Å²) in [4.78, 5) is 30.7. The Hall–Kier alpha value is -3.72. The molecule has 2 aromatic rings. The van der Waals surface area contributed by atoms with Crippen molar-refractivity contribution in [2.75, 3.05) is 52.6 Å². The minimum atomic E-state index is -0.787. The lowest BCUT2D eigenvalue weighted by molar-refractivity contribution is -0.140. The maximum atomic E-state index is 13.5. The van der Waals surface area contributed by atoms with E-state index >= 15 is 0 Å². The lowest BCUT2D eigenvalue weighted by atomic mass is 9.94. The van der Waals surface area contributed by atoms with E-state index in [0.717, 1.165) is 19.6 Å². The summed E-state index contributed by atoms with van der Waals surface area (Å²) >= 11 is 0. The first-order valence-corrected chi connectivity index (χ1v) is 13.7. The molecule has 2 aromatic carbocycles. The molecule has 0 bridgehead atoms. The normalized spacial score (nSPS) is 18.1. The van der Waals surface area contributed by atoms with Gasteiger partial charge in [0.2, 0.25) is 0 Å². The second-order valence-corrected chi connectivity index (χ2v) is 9.30. The van der Waals surface area contributed by atoms with Crippen molar-refractivity contribution in [3.05, 3.63) is 53.1 Å². The average molecular weight is 539 g/mol. The molecular formula is C30H38N2O7. The van der Waals surface area contributed by atoms with E-state index in [4.69, 9.17) is 18.9 Å². The predicted molar refractivity (Wildman–Crippen MR) is 148 cm³/mol. The van der Waals surface area contributed by atoms with Gasteiger partial charge in [0.1, 0.15) is 19.0 Å². The molecule has 1 N–H and O–H groups in total. The molecule has 9 heteroatoms. The van der Waals surface area contributed by atoms with Crippen LogP contribution in [0.15, 0.2) is 42.0 Å². The van der Waals surface area contributed by atoms with Crippen molar-refractivity contribution in [1.29, 1.82) is 0 Å². The molecule has 1 fully saturated rings. The number of rotatable bonds is 12. The van der Waals surface area contributed by atoms with Gasteiger partial charge in [-0.15, -0.1) is 0 Å². The smallest absolute Gasteiger partial charge is 0.295 e. The molecule has 2 aliphatic rings. The number of nitrogens with zero attached hydrogens (tertiary/aromatic N) is 2. The number of hydrogen-bond donors (Lipinski definition) is 1. The second kappa shape index (κ2) is 12.9. The summed E-state index contributed by atoms with van der Waals surface area (Å²) < 4.78 is 22.8. The summed E-state index contributed by atoms with van der Waals surface area (Å²) in [5.41, 5.74) is 1.07. The van der Waals surface area contributed by atoms with Crippen LogP contribution in [-0.2, 0) is 9.59 Å². The molecule has 9 nitrogen and oxygen atoms in total. The molecular weight excluding hydrogens is 500 g/mol. The highest BCUT2D eigenvalue weighted by atomic mass is 16.6. The van der Waals surface area contributed by atoms with Gasteiger partial charge in [-0.3, -0.25) is 9.59 Å². The van der Waals surface area contributed by atoms with Gasteiger partial charge in [0.15, 0.2) is 23.0 Å². The van der Waals surface area contributed by atoms with E-state index in [0.29, 0.717) is 73.5 Å². The fraction of sp³-hybridized carbons (Fsp3) is 0.467. The first kappa shape index (κ1) is 28.3. The number of hydrogen-bond acceptors (Lipinski definition) is 8. The number of amides is 1. The van der Waals surface area contributed by atoms with Crippen LogP contribution in [0, 0.1) is 0 Å². The van der Waals surface area contributed by atoms with Crippen molar-refractivity contribution >= 4 is 17.4 Å². The van der Waals surface area contributed by atoms with Gasteiger partial charge in [-0.2, -0.15) is 0 Å². The van der Waals surface area contributed by atoms with Crippen LogP contribution in [0.2, 0.25) is 0 Å². The summed E-state index contributed by atoms with van der Waals surface area (Å²) in [6.45, 7) is 12.6. The monoisotopic (exact) mass is 538 g/mol. The summed E-state index contributed by atoms with van der Waals surface area (Å²) in [6.07, 6.45) is 0.685. The number of Topliss-reactive ketones (excluding diaryl/α,β-unsaturated/α-hetero) is 1. The summed E-state index contributed by atoms with van der Waals surface area (Å²) in [7, 11) is 0. The number of likely N-dealkylation sites (tertiary alicyclic amines) is 1. The van der Waals surface area contributed by atoms with Gasteiger partial charge < -0.3 is 33.9 Å². The molecule has 1 saturated heterocycles. The molecule has 0 aliphatic carbocycles. The van der Waals surface area contributed by atoms with Crippen molar-refractivity contribution in [2.24, 2.45) is 0 Å². The van der Waals surface area contributed by atoms with Gasteiger partial charge in [0.05, 0.1) is 24.8 Å². The minimum absolute atomic E-state index is 0.0334. The van der Waals surface area contributed by atoms with Crippen molar-refractivity contribution in [3.63, 3.8) is 0 Å². The lowest BCUT2D eigenvalue weighted by Crippen LogP contribution is -2.33.